The Balaban J connectivity index is 1.16. The van der Waals surface area contributed by atoms with Gasteiger partial charge in [-0.3, -0.25) is 0 Å². The Morgan fingerprint density at radius 2 is 0.981 bits per heavy atom. The second-order valence-corrected chi connectivity index (χ2v) is 15.5. The van der Waals surface area contributed by atoms with Gasteiger partial charge in [0.1, 0.15) is 0 Å². The molecule has 0 saturated carbocycles. The average Bonchev–Trinajstić information content (AvgIpc) is 3.56. The number of fused-ring (bicyclic) bond motifs is 7. The van der Waals surface area contributed by atoms with Gasteiger partial charge >= 0.3 is 0 Å². The minimum atomic E-state index is -0.182. The van der Waals surface area contributed by atoms with Crippen molar-refractivity contribution in [2.75, 3.05) is 4.90 Å². The van der Waals surface area contributed by atoms with Crippen LogP contribution in [0.5, 0.6) is 0 Å². The summed E-state index contributed by atoms with van der Waals surface area (Å²) in [7, 11) is 0. The van der Waals surface area contributed by atoms with Crippen molar-refractivity contribution in [2.45, 2.75) is 38.5 Å². The average molecular weight is 682 g/mol. The highest BCUT2D eigenvalue weighted by Crippen LogP contribution is 2.53. The second-order valence-electron chi connectivity index (χ2n) is 15.5. The van der Waals surface area contributed by atoms with E-state index in [4.69, 9.17) is 0 Å². The van der Waals surface area contributed by atoms with Crippen LogP contribution < -0.4 is 4.90 Å². The van der Waals surface area contributed by atoms with Gasteiger partial charge in [0.25, 0.3) is 0 Å². The summed E-state index contributed by atoms with van der Waals surface area (Å²) in [6.07, 6.45) is 5.71. The number of hydrogen-bond acceptors (Lipinski definition) is 1. The molecular weight excluding hydrogens is 639 g/mol. The number of hydrogen-bond donors (Lipinski definition) is 0. The van der Waals surface area contributed by atoms with E-state index in [1.807, 2.05) is 18.2 Å². The van der Waals surface area contributed by atoms with Gasteiger partial charge in [-0.1, -0.05) is 156 Å². The summed E-state index contributed by atoms with van der Waals surface area (Å²) in [5, 5.41) is 2.53. The monoisotopic (exact) mass is 681 g/mol. The SMILES string of the molecule is C=C/C=C(\C=C)c1ccc(N(c2ccc3c(c2)C(C)(C)c2ccccc2-3)c2ccc3c(c2)C(C)(C)c2cc(-c4ccc5ccccc5c4)ccc2-3)cc1. The van der Waals surface area contributed by atoms with E-state index in [-0.39, 0.29) is 10.8 Å². The van der Waals surface area contributed by atoms with Crippen LogP contribution in [-0.2, 0) is 10.8 Å². The molecule has 0 N–H and O–H groups in total. The lowest BCUT2D eigenvalue weighted by molar-refractivity contribution is 0.660. The van der Waals surface area contributed by atoms with Crippen molar-refractivity contribution in [3.63, 3.8) is 0 Å². The summed E-state index contributed by atoms with van der Waals surface area (Å²) in [5.41, 5.74) is 18.5. The molecule has 0 fully saturated rings. The van der Waals surface area contributed by atoms with Crippen molar-refractivity contribution < 1.29 is 0 Å². The van der Waals surface area contributed by atoms with Crippen LogP contribution in [-0.4, -0.2) is 0 Å². The zero-order valence-electron chi connectivity index (χ0n) is 30.9. The molecule has 0 radical (unpaired) electrons. The molecule has 0 atom stereocenters. The first-order valence-corrected chi connectivity index (χ1v) is 18.6. The minimum Gasteiger partial charge on any atom is -0.310 e. The van der Waals surface area contributed by atoms with Crippen molar-refractivity contribution in [3.8, 4) is 33.4 Å². The van der Waals surface area contributed by atoms with Crippen LogP contribution >= 0.6 is 0 Å². The van der Waals surface area contributed by atoms with Crippen LogP contribution in [0.2, 0.25) is 0 Å². The highest BCUT2D eigenvalue weighted by molar-refractivity contribution is 5.91. The molecule has 7 aromatic carbocycles. The Labute approximate surface area is 313 Å². The first-order chi connectivity index (χ1) is 25.7. The van der Waals surface area contributed by atoms with Crippen LogP contribution in [0.1, 0.15) is 55.5 Å². The molecule has 1 heteroatoms. The zero-order chi connectivity index (χ0) is 36.5. The second kappa shape index (κ2) is 12.2. The van der Waals surface area contributed by atoms with E-state index in [1.165, 1.54) is 66.4 Å². The predicted octanol–water partition coefficient (Wildman–Crippen LogP) is 14.3. The maximum atomic E-state index is 4.04. The molecule has 0 saturated heterocycles. The van der Waals surface area contributed by atoms with Crippen LogP contribution in [0.3, 0.4) is 0 Å². The van der Waals surface area contributed by atoms with Gasteiger partial charge < -0.3 is 4.90 Å². The fraction of sp³-hybridized carbons (Fsp3) is 0.115. The van der Waals surface area contributed by atoms with Crippen molar-refractivity contribution in [2.24, 2.45) is 0 Å². The van der Waals surface area contributed by atoms with Crippen molar-refractivity contribution in [1.29, 1.82) is 0 Å². The lowest BCUT2D eigenvalue weighted by atomic mass is 9.81. The van der Waals surface area contributed by atoms with E-state index in [1.54, 1.807) is 0 Å². The molecule has 256 valence electrons. The van der Waals surface area contributed by atoms with Gasteiger partial charge in [-0.25, -0.2) is 0 Å². The third-order valence-corrected chi connectivity index (χ3v) is 11.8. The van der Waals surface area contributed by atoms with E-state index >= 15 is 0 Å². The van der Waals surface area contributed by atoms with Crippen molar-refractivity contribution >= 4 is 33.4 Å². The summed E-state index contributed by atoms with van der Waals surface area (Å²) in [6, 6.07) is 54.2. The van der Waals surface area contributed by atoms with Gasteiger partial charge in [0.15, 0.2) is 0 Å². The molecule has 0 aromatic heterocycles. The largest absolute Gasteiger partial charge is 0.310 e. The van der Waals surface area contributed by atoms with Crippen LogP contribution in [0.25, 0.3) is 49.7 Å². The normalized spacial score (nSPS) is 14.6. The minimum absolute atomic E-state index is 0.101. The Hall–Kier alpha value is -6.18. The molecule has 53 heavy (non-hydrogen) atoms. The topological polar surface area (TPSA) is 3.24 Å². The van der Waals surface area contributed by atoms with E-state index in [0.29, 0.717) is 0 Å². The summed E-state index contributed by atoms with van der Waals surface area (Å²) in [6.45, 7) is 17.4. The zero-order valence-corrected chi connectivity index (χ0v) is 30.9. The molecule has 0 amide bonds. The third-order valence-electron chi connectivity index (χ3n) is 11.8. The lowest BCUT2D eigenvalue weighted by Crippen LogP contribution is -2.18. The Bertz CT molecular complexity index is 2650. The molecule has 0 unspecified atom stereocenters. The maximum absolute atomic E-state index is 4.04. The summed E-state index contributed by atoms with van der Waals surface area (Å²) in [4.78, 5) is 2.42. The van der Waals surface area contributed by atoms with E-state index in [0.717, 1.165) is 28.2 Å². The standard InChI is InChI=1S/C52H43N/c1-7-13-34(8-2)36-20-23-40(24-21-36)53(41-25-28-45-43-16-11-12-17-47(43)51(3,4)49(45)32-41)42-26-29-46-44-27-22-39(31-48(44)52(5,6)50(46)33-42)38-19-18-35-14-9-10-15-37(35)30-38/h7-33H,1-2H2,3-6H3/b34-13+. The van der Waals surface area contributed by atoms with Gasteiger partial charge in [-0.15, -0.1) is 0 Å². The van der Waals surface area contributed by atoms with Crippen LogP contribution in [0.15, 0.2) is 177 Å². The van der Waals surface area contributed by atoms with Crippen molar-refractivity contribution in [3.05, 3.63) is 205 Å². The van der Waals surface area contributed by atoms with Gasteiger partial charge in [0.2, 0.25) is 0 Å². The Morgan fingerprint density at radius 3 is 1.64 bits per heavy atom. The van der Waals surface area contributed by atoms with Gasteiger partial charge in [0, 0.05) is 27.9 Å². The summed E-state index contributed by atoms with van der Waals surface area (Å²) >= 11 is 0. The first-order valence-electron chi connectivity index (χ1n) is 18.6. The molecule has 1 nitrogen and oxygen atoms in total. The maximum Gasteiger partial charge on any atom is 0.0465 e. The van der Waals surface area contributed by atoms with Crippen LogP contribution in [0.4, 0.5) is 17.1 Å². The Kier molecular flexibility index (Phi) is 7.54. The molecule has 2 aliphatic rings. The fourth-order valence-electron chi connectivity index (χ4n) is 8.90. The number of anilines is 3. The molecule has 2 aliphatic carbocycles. The molecule has 9 rings (SSSR count). The summed E-state index contributed by atoms with van der Waals surface area (Å²) in [5.74, 6) is 0. The van der Waals surface area contributed by atoms with Gasteiger partial charge in [-0.05, 0) is 126 Å². The molecule has 0 aliphatic heterocycles. The van der Waals surface area contributed by atoms with E-state index in [2.05, 4.69) is 191 Å². The number of rotatable bonds is 7. The molecular formula is C52H43N. The van der Waals surface area contributed by atoms with E-state index < -0.39 is 0 Å². The smallest absolute Gasteiger partial charge is 0.0465 e. The molecule has 0 heterocycles. The molecule has 7 aromatic rings. The quantitative estimate of drug-likeness (QED) is 0.151. The fourth-order valence-corrected chi connectivity index (χ4v) is 8.90. The number of allylic oxidation sites excluding steroid dienone is 4. The van der Waals surface area contributed by atoms with Gasteiger partial charge in [-0.2, -0.15) is 0 Å². The molecule has 0 bridgehead atoms. The van der Waals surface area contributed by atoms with Crippen LogP contribution in [0, 0.1) is 0 Å². The summed E-state index contributed by atoms with van der Waals surface area (Å²) < 4.78 is 0. The molecule has 0 spiro atoms. The Morgan fingerprint density at radius 1 is 0.472 bits per heavy atom. The third kappa shape index (κ3) is 5.14. The highest BCUT2D eigenvalue weighted by atomic mass is 15.1. The van der Waals surface area contributed by atoms with E-state index in [9.17, 15) is 0 Å². The highest BCUT2D eigenvalue weighted by Gasteiger charge is 2.38. The first kappa shape index (κ1) is 32.7. The van der Waals surface area contributed by atoms with Gasteiger partial charge in [0.05, 0.1) is 0 Å². The van der Waals surface area contributed by atoms with Crippen molar-refractivity contribution in [1.82, 2.24) is 0 Å². The number of nitrogens with zero attached hydrogens (tertiary/aromatic N) is 1. The lowest BCUT2D eigenvalue weighted by Gasteiger charge is -2.30. The predicted molar refractivity (Wildman–Crippen MR) is 228 cm³/mol. The number of benzene rings is 7.